The number of aliphatic carboxylic acids is 1. The van der Waals surface area contributed by atoms with Gasteiger partial charge in [-0.2, -0.15) is 0 Å². The summed E-state index contributed by atoms with van der Waals surface area (Å²) in [6, 6.07) is 0.301. The van der Waals surface area contributed by atoms with Crippen molar-refractivity contribution in [3.8, 4) is 0 Å². The molecule has 3 rings (SSSR count). The van der Waals surface area contributed by atoms with Crippen LogP contribution in [0, 0.1) is 11.8 Å². The van der Waals surface area contributed by atoms with Crippen molar-refractivity contribution in [3.63, 3.8) is 0 Å². The van der Waals surface area contributed by atoms with Crippen molar-refractivity contribution in [1.29, 1.82) is 0 Å². The summed E-state index contributed by atoms with van der Waals surface area (Å²) in [7, 11) is 0. The number of hydrogen-bond acceptors (Lipinski definition) is 4. The Labute approximate surface area is 180 Å². The van der Waals surface area contributed by atoms with E-state index in [-0.39, 0.29) is 12.5 Å². The number of allylic oxidation sites excluding steroid dienone is 2. The average molecular weight is 422 g/mol. The largest absolute Gasteiger partial charge is 0.481 e. The maximum atomic E-state index is 11.9. The maximum absolute atomic E-state index is 11.9. The first-order valence-corrected chi connectivity index (χ1v) is 12.1. The molecular weight excluding hydrogens is 382 g/mol. The average Bonchev–Trinajstić information content (AvgIpc) is 3.33. The highest BCUT2D eigenvalue weighted by molar-refractivity contribution is 5.67. The summed E-state index contributed by atoms with van der Waals surface area (Å²) < 4.78 is 11.6. The fourth-order valence-electron chi connectivity index (χ4n) is 5.44. The smallest absolute Gasteiger partial charge is 0.407 e. The van der Waals surface area contributed by atoms with Gasteiger partial charge in [0, 0.05) is 12.5 Å². The molecule has 0 aromatic rings. The van der Waals surface area contributed by atoms with Crippen LogP contribution in [0.2, 0.25) is 0 Å². The number of amides is 1. The van der Waals surface area contributed by atoms with E-state index in [4.69, 9.17) is 14.6 Å². The predicted molar refractivity (Wildman–Crippen MR) is 115 cm³/mol. The number of fused-ring (bicyclic) bond motifs is 2. The number of unbranched alkanes of at least 4 members (excludes halogenated alkanes) is 2. The quantitative estimate of drug-likeness (QED) is 0.334. The lowest BCUT2D eigenvalue weighted by Gasteiger charge is -2.27. The number of ether oxygens (including phenoxy) is 2. The molecule has 170 valence electrons. The van der Waals surface area contributed by atoms with Crippen molar-refractivity contribution in [2.45, 2.75) is 108 Å². The first-order valence-electron chi connectivity index (χ1n) is 12.1. The van der Waals surface area contributed by atoms with Gasteiger partial charge in [-0.05, 0) is 76.0 Å². The van der Waals surface area contributed by atoms with Gasteiger partial charge < -0.3 is 19.9 Å². The van der Waals surface area contributed by atoms with Crippen molar-refractivity contribution < 1.29 is 24.2 Å². The molecule has 30 heavy (non-hydrogen) atoms. The summed E-state index contributed by atoms with van der Waals surface area (Å²) in [6.07, 6.45) is 19.0. The fourth-order valence-corrected chi connectivity index (χ4v) is 5.44. The van der Waals surface area contributed by atoms with Crippen LogP contribution in [0.1, 0.15) is 89.9 Å². The standard InChI is InChI=1S/C24H39NO5/c26-23(27)14-7-2-1-6-12-19-20(22-16-15-21(19)30-22)13-8-9-17-29-24(28)25-18-10-4-3-5-11-18/h1,6,18-22H,2-5,7-17H2,(H,25,28)(H,26,27)/b6-1-/t19-,20+,21-,22+/m1/s1. The summed E-state index contributed by atoms with van der Waals surface area (Å²) in [4.78, 5) is 22.5. The van der Waals surface area contributed by atoms with Crippen LogP contribution in [-0.2, 0) is 14.3 Å². The number of alkyl carbamates (subject to hydrolysis) is 1. The summed E-state index contributed by atoms with van der Waals surface area (Å²) in [5, 5.41) is 11.7. The van der Waals surface area contributed by atoms with E-state index in [0.29, 0.717) is 43.1 Å². The highest BCUT2D eigenvalue weighted by Gasteiger charge is 2.47. The Morgan fingerprint density at radius 1 is 0.967 bits per heavy atom. The molecule has 3 aliphatic rings. The van der Waals surface area contributed by atoms with Gasteiger partial charge in [-0.3, -0.25) is 4.79 Å². The summed E-state index contributed by atoms with van der Waals surface area (Å²) in [6.45, 7) is 0.494. The number of rotatable bonds is 12. The third kappa shape index (κ3) is 7.29. The second kappa shape index (κ2) is 12.3. The van der Waals surface area contributed by atoms with E-state index in [9.17, 15) is 9.59 Å². The van der Waals surface area contributed by atoms with Crippen molar-refractivity contribution in [2.24, 2.45) is 11.8 Å². The molecule has 6 heteroatoms. The molecule has 0 unspecified atom stereocenters. The second-order valence-corrected chi connectivity index (χ2v) is 9.22. The van der Waals surface area contributed by atoms with E-state index >= 15 is 0 Å². The number of carboxylic acids is 1. The minimum atomic E-state index is -0.722. The highest BCUT2D eigenvalue weighted by Crippen LogP contribution is 2.47. The molecule has 1 saturated carbocycles. The van der Waals surface area contributed by atoms with Gasteiger partial charge in [0.05, 0.1) is 18.8 Å². The summed E-state index contributed by atoms with van der Waals surface area (Å²) in [5.41, 5.74) is 0. The number of carboxylic acid groups (broad SMARTS) is 1. The molecule has 2 heterocycles. The Balaban J connectivity index is 1.29. The van der Waals surface area contributed by atoms with E-state index in [2.05, 4.69) is 17.5 Å². The number of hydrogen-bond donors (Lipinski definition) is 2. The lowest BCUT2D eigenvalue weighted by Crippen LogP contribution is -2.36. The fraction of sp³-hybridized carbons (Fsp3) is 0.833. The van der Waals surface area contributed by atoms with Crippen LogP contribution in [0.3, 0.4) is 0 Å². The second-order valence-electron chi connectivity index (χ2n) is 9.22. The minimum absolute atomic E-state index is 0.241. The zero-order valence-electron chi connectivity index (χ0n) is 18.2. The summed E-state index contributed by atoms with van der Waals surface area (Å²) >= 11 is 0. The van der Waals surface area contributed by atoms with E-state index in [1.807, 2.05) is 0 Å². The highest BCUT2D eigenvalue weighted by atomic mass is 16.5. The number of nitrogens with one attached hydrogen (secondary N) is 1. The molecule has 0 aromatic carbocycles. The van der Waals surface area contributed by atoms with Crippen LogP contribution in [0.5, 0.6) is 0 Å². The SMILES string of the molecule is O=C(O)CCC/C=C\C[C@@H]1[C@H](CCCCOC(=O)NC2CCCCC2)[C@@H]2CC[C@H]1O2. The Morgan fingerprint density at radius 2 is 1.73 bits per heavy atom. The molecule has 6 nitrogen and oxygen atoms in total. The van der Waals surface area contributed by atoms with E-state index in [0.717, 1.165) is 44.9 Å². The summed E-state index contributed by atoms with van der Waals surface area (Å²) in [5.74, 6) is 0.457. The third-order valence-corrected chi connectivity index (χ3v) is 7.02. The zero-order chi connectivity index (χ0) is 21.2. The Morgan fingerprint density at radius 3 is 2.50 bits per heavy atom. The predicted octanol–water partition coefficient (Wildman–Crippen LogP) is 5.21. The van der Waals surface area contributed by atoms with Crippen LogP contribution < -0.4 is 5.32 Å². The van der Waals surface area contributed by atoms with Gasteiger partial charge in [0.15, 0.2) is 0 Å². The Bertz CT molecular complexity index is 572. The van der Waals surface area contributed by atoms with Crippen LogP contribution in [0.4, 0.5) is 4.79 Å². The van der Waals surface area contributed by atoms with Gasteiger partial charge in [-0.25, -0.2) is 4.79 Å². The third-order valence-electron chi connectivity index (χ3n) is 7.02. The van der Waals surface area contributed by atoms with Crippen LogP contribution in [-0.4, -0.2) is 42.0 Å². The maximum Gasteiger partial charge on any atom is 0.407 e. The van der Waals surface area contributed by atoms with Crippen LogP contribution in [0.25, 0.3) is 0 Å². The molecule has 2 aliphatic heterocycles. The normalized spacial score (nSPS) is 28.8. The van der Waals surface area contributed by atoms with E-state index in [1.165, 1.54) is 32.1 Å². The van der Waals surface area contributed by atoms with Gasteiger partial charge >= 0.3 is 12.1 Å². The monoisotopic (exact) mass is 421 g/mol. The van der Waals surface area contributed by atoms with Gasteiger partial charge in [-0.1, -0.05) is 31.4 Å². The molecule has 0 radical (unpaired) electrons. The number of carbonyl (C=O) groups is 2. The zero-order valence-corrected chi connectivity index (χ0v) is 18.2. The van der Waals surface area contributed by atoms with E-state index < -0.39 is 5.97 Å². The molecule has 2 N–H and O–H groups in total. The molecule has 1 amide bonds. The van der Waals surface area contributed by atoms with Gasteiger partial charge in [-0.15, -0.1) is 0 Å². The molecule has 0 spiro atoms. The Hall–Kier alpha value is -1.56. The van der Waals surface area contributed by atoms with Crippen LogP contribution in [0.15, 0.2) is 12.2 Å². The first kappa shape index (κ1) is 23.1. The van der Waals surface area contributed by atoms with Crippen molar-refractivity contribution in [2.75, 3.05) is 6.61 Å². The van der Waals surface area contributed by atoms with Crippen molar-refractivity contribution in [3.05, 3.63) is 12.2 Å². The van der Waals surface area contributed by atoms with Crippen LogP contribution >= 0.6 is 0 Å². The molecular formula is C24H39NO5. The lowest BCUT2D eigenvalue weighted by atomic mass is 9.75. The van der Waals surface area contributed by atoms with Gasteiger partial charge in [0.2, 0.25) is 0 Å². The molecule has 2 saturated heterocycles. The molecule has 1 aliphatic carbocycles. The molecule has 3 fully saturated rings. The molecule has 0 aromatic heterocycles. The Kier molecular flexibility index (Phi) is 9.50. The van der Waals surface area contributed by atoms with Crippen molar-refractivity contribution >= 4 is 12.1 Å². The first-order chi connectivity index (χ1) is 14.6. The topological polar surface area (TPSA) is 84.9 Å². The molecule has 4 atom stereocenters. The van der Waals surface area contributed by atoms with Gasteiger partial charge in [0.25, 0.3) is 0 Å². The minimum Gasteiger partial charge on any atom is -0.481 e. The van der Waals surface area contributed by atoms with Crippen molar-refractivity contribution in [1.82, 2.24) is 5.32 Å². The molecule has 2 bridgehead atoms. The number of carbonyl (C=O) groups excluding carboxylic acids is 1. The lowest BCUT2D eigenvalue weighted by molar-refractivity contribution is -0.137. The van der Waals surface area contributed by atoms with E-state index in [1.54, 1.807) is 0 Å². The van der Waals surface area contributed by atoms with Gasteiger partial charge in [0.1, 0.15) is 0 Å².